The van der Waals surface area contributed by atoms with Gasteiger partial charge in [0.05, 0.1) is 11.3 Å². The number of rotatable bonds is 3. The number of hydrogen-bond acceptors (Lipinski definition) is 9. The Morgan fingerprint density at radius 1 is 0.926 bits per heavy atom. The van der Waals surface area contributed by atoms with Crippen molar-refractivity contribution in [2.45, 2.75) is 82.2 Å². The minimum Gasteiger partial charge on any atom is -0.399 e. The van der Waals surface area contributed by atoms with Crippen molar-refractivity contribution in [1.82, 2.24) is 0 Å². The third kappa shape index (κ3) is 2.93. The molecule has 4 rings (SSSR count). The van der Waals surface area contributed by atoms with Crippen molar-refractivity contribution in [3.63, 3.8) is 0 Å². The molecule has 0 spiro atoms. The van der Waals surface area contributed by atoms with E-state index in [4.69, 9.17) is 38.9 Å². The fraction of sp³-hybridized carbons (Fsp3) is 0.833. The van der Waals surface area contributed by atoms with Crippen molar-refractivity contribution in [2.24, 2.45) is 5.73 Å². The Hall–Kier alpha value is -1.07. The van der Waals surface area contributed by atoms with Gasteiger partial charge in [-0.2, -0.15) is 0 Å². The van der Waals surface area contributed by atoms with E-state index >= 15 is 0 Å². The van der Waals surface area contributed by atoms with Gasteiger partial charge in [-0.15, -0.1) is 0 Å². The van der Waals surface area contributed by atoms with Gasteiger partial charge < -0.3 is 38.9 Å². The zero-order valence-electron chi connectivity index (χ0n) is 16.4. The van der Waals surface area contributed by atoms with Gasteiger partial charge in [-0.05, 0) is 27.7 Å². The lowest BCUT2D eigenvalue weighted by Crippen LogP contribution is -2.38. The summed E-state index contributed by atoms with van der Waals surface area (Å²) in [7, 11) is 3.03. The Morgan fingerprint density at radius 3 is 2.15 bits per heavy atom. The normalized spacial score (nSPS) is 46.6. The van der Waals surface area contributed by atoms with E-state index in [1.165, 1.54) is 14.2 Å². The van der Waals surface area contributed by atoms with Crippen LogP contribution in [-0.4, -0.2) is 74.5 Å². The predicted molar refractivity (Wildman–Crippen MR) is 90.3 cm³/mol. The van der Waals surface area contributed by atoms with E-state index in [9.17, 15) is 4.79 Å². The number of methoxy groups -OCH3 is 2. The lowest BCUT2D eigenvalue weighted by Gasteiger charge is -2.26. The smallest absolute Gasteiger partial charge is 0.195 e. The highest BCUT2D eigenvalue weighted by atomic mass is 16.8. The van der Waals surface area contributed by atoms with Crippen molar-refractivity contribution < 1.29 is 38.0 Å². The first-order valence-corrected chi connectivity index (χ1v) is 9.04. The van der Waals surface area contributed by atoms with Crippen LogP contribution in [0.1, 0.15) is 27.7 Å². The predicted octanol–water partition coefficient (Wildman–Crippen LogP) is 0.208. The standard InChI is InChI=1S/C18H27NO8/c1-17(2)24-12-9(20)7(10(21-5)13(12)25-17)8(19)11-14-15(16(22-6)23-11)27-18(3,4)26-14/h10-16H,19H2,1-6H3/b8-7+/t10-,11-,12-,13+,14-,15-,16-/m1/s1. The molecule has 0 unspecified atom stereocenters. The molecule has 0 aromatic rings. The molecule has 152 valence electrons. The zero-order valence-corrected chi connectivity index (χ0v) is 16.4. The fourth-order valence-corrected chi connectivity index (χ4v) is 4.38. The lowest BCUT2D eigenvalue weighted by molar-refractivity contribution is -0.222. The highest BCUT2D eigenvalue weighted by molar-refractivity contribution is 6.04. The van der Waals surface area contributed by atoms with Crippen LogP contribution in [0.2, 0.25) is 0 Å². The molecular weight excluding hydrogens is 358 g/mol. The molecule has 1 aliphatic carbocycles. The van der Waals surface area contributed by atoms with Gasteiger partial charge in [0.15, 0.2) is 29.8 Å². The van der Waals surface area contributed by atoms with E-state index in [1.807, 2.05) is 13.8 Å². The molecule has 0 radical (unpaired) electrons. The molecule has 4 fully saturated rings. The number of hydrogen-bond donors (Lipinski definition) is 1. The summed E-state index contributed by atoms with van der Waals surface area (Å²) in [4.78, 5) is 13.0. The van der Waals surface area contributed by atoms with Gasteiger partial charge in [-0.1, -0.05) is 0 Å². The van der Waals surface area contributed by atoms with E-state index in [0.717, 1.165) is 0 Å². The number of Topliss-reactive ketones (excluding diaryl/α,β-unsaturated/α-hetero) is 1. The fourth-order valence-electron chi connectivity index (χ4n) is 4.38. The third-order valence-electron chi connectivity index (χ3n) is 5.35. The van der Waals surface area contributed by atoms with E-state index < -0.39 is 54.5 Å². The summed E-state index contributed by atoms with van der Waals surface area (Å²) in [5.74, 6) is -1.91. The van der Waals surface area contributed by atoms with Crippen LogP contribution in [0, 0.1) is 0 Å². The molecule has 9 nitrogen and oxygen atoms in total. The number of nitrogens with two attached hydrogens (primary N) is 1. The van der Waals surface area contributed by atoms with Crippen molar-refractivity contribution >= 4 is 5.78 Å². The number of fused-ring (bicyclic) bond motifs is 2. The maximum atomic E-state index is 13.0. The van der Waals surface area contributed by atoms with Gasteiger partial charge in [0.1, 0.15) is 30.5 Å². The number of carbonyl (C=O) groups is 1. The minimum atomic E-state index is -0.857. The van der Waals surface area contributed by atoms with Gasteiger partial charge in [0, 0.05) is 14.2 Å². The first-order valence-electron chi connectivity index (χ1n) is 9.04. The second-order valence-electron chi connectivity index (χ2n) is 8.14. The molecule has 0 aromatic carbocycles. The Morgan fingerprint density at radius 2 is 1.52 bits per heavy atom. The summed E-state index contributed by atoms with van der Waals surface area (Å²) in [5, 5.41) is 0. The summed E-state index contributed by atoms with van der Waals surface area (Å²) in [6.45, 7) is 7.14. The molecular formula is C18H27NO8. The van der Waals surface area contributed by atoms with E-state index in [0.29, 0.717) is 5.57 Å². The Labute approximate surface area is 158 Å². The molecule has 2 N–H and O–H groups in total. The second kappa shape index (κ2) is 6.21. The quantitative estimate of drug-likeness (QED) is 0.682. The summed E-state index contributed by atoms with van der Waals surface area (Å²) >= 11 is 0. The second-order valence-corrected chi connectivity index (χ2v) is 8.14. The highest BCUT2D eigenvalue weighted by Crippen LogP contribution is 2.44. The first kappa shape index (κ1) is 19.3. The van der Waals surface area contributed by atoms with E-state index in [-0.39, 0.29) is 11.5 Å². The number of ketones is 1. The van der Waals surface area contributed by atoms with Gasteiger partial charge in [-0.25, -0.2) is 0 Å². The van der Waals surface area contributed by atoms with Gasteiger partial charge in [0.2, 0.25) is 0 Å². The molecule has 7 atom stereocenters. The molecule has 4 aliphatic rings. The molecule has 9 heteroatoms. The molecule has 27 heavy (non-hydrogen) atoms. The van der Waals surface area contributed by atoms with Crippen LogP contribution in [0.4, 0.5) is 0 Å². The van der Waals surface area contributed by atoms with Crippen LogP contribution in [0.25, 0.3) is 0 Å². The van der Waals surface area contributed by atoms with Crippen LogP contribution in [0.15, 0.2) is 11.3 Å². The highest BCUT2D eigenvalue weighted by Gasteiger charge is 2.61. The van der Waals surface area contributed by atoms with Gasteiger partial charge in [0.25, 0.3) is 0 Å². The average Bonchev–Trinajstić information content (AvgIpc) is 3.23. The van der Waals surface area contributed by atoms with Crippen LogP contribution < -0.4 is 5.73 Å². The summed E-state index contributed by atoms with van der Waals surface area (Å²) in [6.07, 6.45) is -4.26. The maximum Gasteiger partial charge on any atom is 0.195 e. The Bertz CT molecular complexity index is 674. The summed E-state index contributed by atoms with van der Waals surface area (Å²) in [5.41, 5.74) is 6.97. The lowest BCUT2D eigenvalue weighted by atomic mass is 10.0. The average molecular weight is 385 g/mol. The van der Waals surface area contributed by atoms with E-state index in [2.05, 4.69) is 0 Å². The van der Waals surface area contributed by atoms with E-state index in [1.54, 1.807) is 13.8 Å². The molecule has 1 saturated carbocycles. The van der Waals surface area contributed by atoms with Crippen LogP contribution in [0.3, 0.4) is 0 Å². The topological polar surface area (TPSA) is 108 Å². The van der Waals surface area contributed by atoms with Crippen molar-refractivity contribution in [2.75, 3.05) is 14.2 Å². The molecule has 0 bridgehead atoms. The van der Waals surface area contributed by atoms with Crippen molar-refractivity contribution in [1.29, 1.82) is 0 Å². The first-order chi connectivity index (χ1) is 12.6. The van der Waals surface area contributed by atoms with Gasteiger partial charge in [-0.3, -0.25) is 4.79 Å². The summed E-state index contributed by atoms with van der Waals surface area (Å²) < 4.78 is 40.3. The SMILES string of the molecule is CO[C@@H]1O[C@H](/C(N)=C2/C(=O)[C@H]3OC(C)(C)O[C@H]3[C@@H]2OC)[C@H]2OC(C)(C)O[C@@H]12. The maximum absolute atomic E-state index is 13.0. The van der Waals surface area contributed by atoms with Crippen molar-refractivity contribution in [3.05, 3.63) is 11.3 Å². The molecule has 0 amide bonds. The molecule has 0 aromatic heterocycles. The number of carbonyl (C=O) groups excluding carboxylic acids is 1. The van der Waals surface area contributed by atoms with Crippen LogP contribution in [0.5, 0.6) is 0 Å². The largest absolute Gasteiger partial charge is 0.399 e. The van der Waals surface area contributed by atoms with Crippen LogP contribution >= 0.6 is 0 Å². The van der Waals surface area contributed by atoms with Crippen LogP contribution in [-0.2, 0) is 38.0 Å². The van der Waals surface area contributed by atoms with Crippen molar-refractivity contribution in [3.8, 4) is 0 Å². The number of ether oxygens (including phenoxy) is 7. The molecule has 3 saturated heterocycles. The summed E-state index contributed by atoms with van der Waals surface area (Å²) in [6, 6.07) is 0. The Kier molecular flexibility index (Phi) is 4.43. The zero-order chi connectivity index (χ0) is 19.7. The third-order valence-corrected chi connectivity index (χ3v) is 5.35. The Balaban J connectivity index is 1.68. The molecule has 3 aliphatic heterocycles. The van der Waals surface area contributed by atoms with Gasteiger partial charge >= 0.3 is 0 Å². The monoisotopic (exact) mass is 385 g/mol. The minimum absolute atomic E-state index is 0.238. The molecule has 3 heterocycles.